The molecule has 5 rings (SSSR count). The Morgan fingerprint density at radius 1 is 1.06 bits per heavy atom. The van der Waals surface area contributed by atoms with Crippen LogP contribution in [0.1, 0.15) is 83.3 Å². The van der Waals surface area contributed by atoms with Crippen molar-refractivity contribution in [2.45, 2.75) is 102 Å². The zero-order chi connectivity index (χ0) is 24.6. The Balaban J connectivity index is 1.27. The highest BCUT2D eigenvalue weighted by Crippen LogP contribution is 2.44. The van der Waals surface area contributed by atoms with Crippen LogP contribution in [0.4, 0.5) is 4.79 Å². The minimum Gasteiger partial charge on any atom is -0.449 e. The molecular formula is C29H43N3O3. The molecule has 1 aromatic carbocycles. The number of hydrogen-bond acceptors (Lipinski definition) is 4. The zero-order valence-corrected chi connectivity index (χ0v) is 21.9. The molecule has 0 aromatic heterocycles. The molecule has 1 spiro atoms. The Morgan fingerprint density at radius 3 is 2.40 bits per heavy atom. The van der Waals surface area contributed by atoms with Crippen molar-refractivity contribution >= 4 is 12.0 Å². The summed E-state index contributed by atoms with van der Waals surface area (Å²) in [4.78, 5) is 32.7. The molecule has 6 heteroatoms. The second-order valence-electron chi connectivity index (χ2n) is 11.5. The molecule has 3 unspecified atom stereocenters. The topological polar surface area (TPSA) is 53.1 Å². The Kier molecular flexibility index (Phi) is 7.11. The molecule has 4 aliphatic heterocycles. The number of amides is 2. The predicted octanol–water partition coefficient (Wildman–Crippen LogP) is 4.95. The van der Waals surface area contributed by atoms with Crippen molar-refractivity contribution < 1.29 is 14.3 Å². The van der Waals surface area contributed by atoms with Gasteiger partial charge < -0.3 is 19.4 Å². The van der Waals surface area contributed by atoms with Gasteiger partial charge in [0.05, 0.1) is 6.61 Å². The number of ether oxygens (including phenoxy) is 1. The van der Waals surface area contributed by atoms with E-state index in [9.17, 15) is 9.59 Å². The summed E-state index contributed by atoms with van der Waals surface area (Å²) >= 11 is 0. The van der Waals surface area contributed by atoms with Crippen LogP contribution in [0.15, 0.2) is 24.3 Å². The molecule has 0 radical (unpaired) electrons. The van der Waals surface area contributed by atoms with Crippen molar-refractivity contribution in [2.24, 2.45) is 5.92 Å². The van der Waals surface area contributed by atoms with Gasteiger partial charge in [-0.05, 0) is 75.6 Å². The van der Waals surface area contributed by atoms with E-state index >= 15 is 0 Å². The molecule has 2 amide bonds. The van der Waals surface area contributed by atoms with Gasteiger partial charge in [-0.2, -0.15) is 0 Å². The van der Waals surface area contributed by atoms with E-state index in [0.717, 1.165) is 77.5 Å². The number of benzene rings is 1. The molecule has 2 bridgehead atoms. The summed E-state index contributed by atoms with van der Waals surface area (Å²) in [7, 11) is 0. The second kappa shape index (κ2) is 10.1. The fourth-order valence-electron chi connectivity index (χ4n) is 7.28. The van der Waals surface area contributed by atoms with E-state index in [0.29, 0.717) is 30.6 Å². The first-order chi connectivity index (χ1) is 17.0. The first-order valence-corrected chi connectivity index (χ1v) is 14.0. The van der Waals surface area contributed by atoms with Gasteiger partial charge in [-0.15, -0.1) is 0 Å². The van der Waals surface area contributed by atoms with Crippen molar-refractivity contribution in [3.63, 3.8) is 0 Å². The lowest BCUT2D eigenvalue weighted by molar-refractivity contribution is -0.137. The summed E-state index contributed by atoms with van der Waals surface area (Å²) in [6.07, 6.45) is 8.23. The van der Waals surface area contributed by atoms with Gasteiger partial charge in [0.15, 0.2) is 0 Å². The van der Waals surface area contributed by atoms with E-state index < -0.39 is 0 Å². The van der Waals surface area contributed by atoms with Gasteiger partial charge in [-0.25, -0.2) is 4.79 Å². The highest BCUT2D eigenvalue weighted by atomic mass is 16.6. The molecule has 192 valence electrons. The SMILES string of the molecule is CCCOC(=O)N1C2CCC1CC(N1CCC3(CC1)CN(C(=O)C(C)CC)Cc1ccccc13)C2. The number of likely N-dealkylation sites (tertiary alicyclic amines) is 1. The van der Waals surface area contributed by atoms with E-state index in [2.05, 4.69) is 52.8 Å². The molecule has 3 fully saturated rings. The third-order valence-electron chi connectivity index (χ3n) is 9.41. The van der Waals surface area contributed by atoms with Crippen molar-refractivity contribution in [3.8, 4) is 0 Å². The van der Waals surface area contributed by atoms with Gasteiger partial charge in [0.25, 0.3) is 0 Å². The van der Waals surface area contributed by atoms with Crippen LogP contribution < -0.4 is 0 Å². The van der Waals surface area contributed by atoms with Crippen LogP contribution in [0.25, 0.3) is 0 Å². The summed E-state index contributed by atoms with van der Waals surface area (Å²) in [6.45, 7) is 10.5. The lowest BCUT2D eigenvalue weighted by Gasteiger charge is -2.51. The highest BCUT2D eigenvalue weighted by molar-refractivity contribution is 5.79. The van der Waals surface area contributed by atoms with E-state index in [-0.39, 0.29) is 17.4 Å². The van der Waals surface area contributed by atoms with Crippen LogP contribution in [0.2, 0.25) is 0 Å². The van der Waals surface area contributed by atoms with Gasteiger partial charge >= 0.3 is 6.09 Å². The predicted molar refractivity (Wildman–Crippen MR) is 137 cm³/mol. The lowest BCUT2D eigenvalue weighted by atomic mass is 9.68. The molecule has 0 aliphatic carbocycles. The average Bonchev–Trinajstić information content (AvgIpc) is 3.16. The zero-order valence-electron chi connectivity index (χ0n) is 21.9. The molecule has 3 atom stereocenters. The molecule has 3 saturated heterocycles. The number of carbonyl (C=O) groups is 2. The third kappa shape index (κ3) is 4.59. The fraction of sp³-hybridized carbons (Fsp3) is 0.724. The van der Waals surface area contributed by atoms with Crippen molar-refractivity contribution in [1.82, 2.24) is 14.7 Å². The summed E-state index contributed by atoms with van der Waals surface area (Å²) in [5.74, 6) is 0.393. The Morgan fingerprint density at radius 2 is 1.74 bits per heavy atom. The smallest absolute Gasteiger partial charge is 0.410 e. The number of piperidine rings is 2. The van der Waals surface area contributed by atoms with Gasteiger partial charge in [0, 0.05) is 42.5 Å². The summed E-state index contributed by atoms with van der Waals surface area (Å²) in [6, 6.07) is 10.0. The Hall–Kier alpha value is -2.08. The maximum absolute atomic E-state index is 13.2. The fourth-order valence-corrected chi connectivity index (χ4v) is 7.28. The van der Waals surface area contributed by atoms with E-state index in [1.165, 1.54) is 11.1 Å². The highest BCUT2D eigenvalue weighted by Gasteiger charge is 2.48. The van der Waals surface area contributed by atoms with Crippen LogP contribution in [-0.4, -0.2) is 71.1 Å². The van der Waals surface area contributed by atoms with Gasteiger partial charge in [-0.1, -0.05) is 45.0 Å². The number of rotatable bonds is 5. The normalized spacial score (nSPS) is 28.6. The molecule has 0 saturated carbocycles. The lowest BCUT2D eigenvalue weighted by Crippen LogP contribution is -2.58. The van der Waals surface area contributed by atoms with Crippen LogP contribution in [-0.2, 0) is 21.5 Å². The van der Waals surface area contributed by atoms with Gasteiger partial charge in [0.1, 0.15) is 0 Å². The standard InChI is InChI=1S/C29H43N3O3/c1-4-16-35-28(34)32-23-10-11-24(32)18-25(17-23)30-14-12-29(13-15-30)20-31(27(33)21(3)5-2)19-22-8-6-7-9-26(22)29/h6-9,21,23-25H,4-5,10-20H2,1-3H3. The van der Waals surface area contributed by atoms with E-state index in [4.69, 9.17) is 4.74 Å². The molecule has 35 heavy (non-hydrogen) atoms. The average molecular weight is 482 g/mol. The number of fused-ring (bicyclic) bond motifs is 4. The monoisotopic (exact) mass is 481 g/mol. The first kappa shape index (κ1) is 24.6. The van der Waals surface area contributed by atoms with Crippen LogP contribution in [0, 0.1) is 5.92 Å². The molecule has 4 heterocycles. The maximum Gasteiger partial charge on any atom is 0.410 e. The third-order valence-corrected chi connectivity index (χ3v) is 9.41. The molecule has 0 N–H and O–H groups in total. The number of nitrogens with zero attached hydrogens (tertiary/aromatic N) is 3. The van der Waals surface area contributed by atoms with E-state index in [1.807, 2.05) is 6.92 Å². The first-order valence-electron chi connectivity index (χ1n) is 14.0. The van der Waals surface area contributed by atoms with Gasteiger partial charge in [-0.3, -0.25) is 4.79 Å². The minimum absolute atomic E-state index is 0.0676. The molecule has 1 aromatic rings. The minimum atomic E-state index is -0.0970. The van der Waals surface area contributed by atoms with Crippen LogP contribution in [0.5, 0.6) is 0 Å². The van der Waals surface area contributed by atoms with Crippen LogP contribution >= 0.6 is 0 Å². The maximum atomic E-state index is 13.2. The number of hydrogen-bond donors (Lipinski definition) is 0. The second-order valence-corrected chi connectivity index (χ2v) is 11.5. The Labute approximate surface area is 211 Å². The quantitative estimate of drug-likeness (QED) is 0.597. The summed E-state index contributed by atoms with van der Waals surface area (Å²) in [5, 5.41) is 0. The van der Waals surface area contributed by atoms with Crippen LogP contribution in [0.3, 0.4) is 0 Å². The summed E-state index contributed by atoms with van der Waals surface area (Å²) in [5.41, 5.74) is 2.88. The molecule has 6 nitrogen and oxygen atoms in total. The van der Waals surface area contributed by atoms with Crippen molar-refractivity contribution in [2.75, 3.05) is 26.2 Å². The molecular weight excluding hydrogens is 438 g/mol. The largest absolute Gasteiger partial charge is 0.449 e. The van der Waals surface area contributed by atoms with Gasteiger partial charge in [0.2, 0.25) is 5.91 Å². The van der Waals surface area contributed by atoms with Crippen molar-refractivity contribution in [3.05, 3.63) is 35.4 Å². The summed E-state index contributed by atoms with van der Waals surface area (Å²) < 4.78 is 5.50. The number of carbonyl (C=O) groups excluding carboxylic acids is 2. The van der Waals surface area contributed by atoms with Crippen molar-refractivity contribution in [1.29, 1.82) is 0 Å². The van der Waals surface area contributed by atoms with E-state index in [1.54, 1.807) is 0 Å². The Bertz CT molecular complexity index is 912. The molecule has 4 aliphatic rings.